The molecule has 2 heterocycles. The maximum Gasteiger partial charge on any atom is 0.228 e. The zero-order valence-corrected chi connectivity index (χ0v) is 13.0. The molecule has 2 aliphatic heterocycles. The van der Waals surface area contributed by atoms with Gasteiger partial charge in [-0.05, 0) is 31.4 Å². The Bertz CT molecular complexity index is 581. The van der Waals surface area contributed by atoms with Crippen molar-refractivity contribution in [3.63, 3.8) is 0 Å². The molecule has 1 aromatic carbocycles. The highest BCUT2D eigenvalue weighted by molar-refractivity contribution is 6.02. The molecule has 2 amide bonds. The molecule has 5 heteroatoms. The molecule has 1 N–H and O–H groups in total. The lowest BCUT2D eigenvalue weighted by atomic mass is 9.88. The Morgan fingerprint density at radius 2 is 2.18 bits per heavy atom. The second kappa shape index (κ2) is 6.08. The largest absolute Gasteiger partial charge is 0.376 e. The molecule has 0 aromatic heterocycles. The SMILES string of the molecule is CC(NC(=O)C1CC(=O)N(C)c2ccccc21)C1CCCO1. The minimum Gasteiger partial charge on any atom is -0.376 e. The van der Waals surface area contributed by atoms with Crippen LogP contribution in [0.15, 0.2) is 24.3 Å². The van der Waals surface area contributed by atoms with Crippen molar-refractivity contribution in [2.24, 2.45) is 0 Å². The van der Waals surface area contributed by atoms with Gasteiger partial charge in [0.1, 0.15) is 0 Å². The van der Waals surface area contributed by atoms with Crippen LogP contribution in [-0.2, 0) is 14.3 Å². The summed E-state index contributed by atoms with van der Waals surface area (Å²) in [5, 5.41) is 3.03. The first kappa shape index (κ1) is 15.0. The van der Waals surface area contributed by atoms with Crippen LogP contribution < -0.4 is 10.2 Å². The molecule has 118 valence electrons. The predicted octanol–water partition coefficient (Wildman–Crippen LogP) is 1.82. The van der Waals surface area contributed by atoms with Crippen LogP contribution in [0.5, 0.6) is 0 Å². The van der Waals surface area contributed by atoms with Crippen molar-refractivity contribution >= 4 is 17.5 Å². The Labute approximate surface area is 130 Å². The number of carbonyl (C=O) groups excluding carboxylic acids is 2. The van der Waals surface area contributed by atoms with Crippen LogP contribution in [0.1, 0.15) is 37.7 Å². The summed E-state index contributed by atoms with van der Waals surface area (Å²) in [4.78, 5) is 26.4. The number of carbonyl (C=O) groups is 2. The van der Waals surface area contributed by atoms with E-state index in [0.29, 0.717) is 0 Å². The van der Waals surface area contributed by atoms with E-state index in [0.717, 1.165) is 30.7 Å². The maximum absolute atomic E-state index is 12.6. The lowest BCUT2D eigenvalue weighted by Crippen LogP contribution is -2.45. The normalized spacial score (nSPS) is 25.7. The third kappa shape index (κ3) is 2.73. The molecule has 3 unspecified atom stereocenters. The van der Waals surface area contributed by atoms with Gasteiger partial charge in [-0.1, -0.05) is 18.2 Å². The summed E-state index contributed by atoms with van der Waals surface area (Å²) in [5.74, 6) is -0.524. The van der Waals surface area contributed by atoms with E-state index in [1.54, 1.807) is 11.9 Å². The highest BCUT2D eigenvalue weighted by Gasteiger charge is 2.35. The third-order valence-corrected chi connectivity index (χ3v) is 4.64. The number of nitrogens with one attached hydrogen (secondary N) is 1. The van der Waals surface area contributed by atoms with Crippen molar-refractivity contribution in [3.8, 4) is 0 Å². The van der Waals surface area contributed by atoms with E-state index in [9.17, 15) is 9.59 Å². The van der Waals surface area contributed by atoms with Crippen LogP contribution >= 0.6 is 0 Å². The van der Waals surface area contributed by atoms with Gasteiger partial charge < -0.3 is 15.0 Å². The molecule has 0 spiro atoms. The average molecular weight is 302 g/mol. The van der Waals surface area contributed by atoms with Gasteiger partial charge in [0.25, 0.3) is 0 Å². The molecule has 0 radical (unpaired) electrons. The summed E-state index contributed by atoms with van der Waals surface area (Å²) in [6.07, 6.45) is 2.32. The van der Waals surface area contributed by atoms with Crippen molar-refractivity contribution < 1.29 is 14.3 Å². The Morgan fingerprint density at radius 1 is 1.41 bits per heavy atom. The van der Waals surface area contributed by atoms with Crippen molar-refractivity contribution in [3.05, 3.63) is 29.8 Å². The molecule has 0 bridgehead atoms. The first-order chi connectivity index (χ1) is 10.6. The van der Waals surface area contributed by atoms with E-state index < -0.39 is 5.92 Å². The molecule has 1 fully saturated rings. The van der Waals surface area contributed by atoms with Gasteiger partial charge in [-0.2, -0.15) is 0 Å². The van der Waals surface area contributed by atoms with Crippen molar-refractivity contribution in [1.82, 2.24) is 5.32 Å². The molecule has 1 aromatic rings. The van der Waals surface area contributed by atoms with E-state index in [2.05, 4.69) is 5.32 Å². The summed E-state index contributed by atoms with van der Waals surface area (Å²) >= 11 is 0. The molecule has 1 saturated heterocycles. The Kier molecular flexibility index (Phi) is 4.16. The Morgan fingerprint density at radius 3 is 2.91 bits per heavy atom. The number of rotatable bonds is 3. The van der Waals surface area contributed by atoms with Crippen LogP contribution in [0.2, 0.25) is 0 Å². The van der Waals surface area contributed by atoms with E-state index in [-0.39, 0.29) is 30.4 Å². The van der Waals surface area contributed by atoms with Crippen LogP contribution in [0, 0.1) is 0 Å². The second-order valence-electron chi connectivity index (χ2n) is 6.12. The molecular weight excluding hydrogens is 280 g/mol. The number of fused-ring (bicyclic) bond motifs is 1. The molecule has 5 nitrogen and oxygen atoms in total. The van der Waals surface area contributed by atoms with Gasteiger partial charge in [0.05, 0.1) is 18.1 Å². The van der Waals surface area contributed by atoms with Gasteiger partial charge in [-0.15, -0.1) is 0 Å². The van der Waals surface area contributed by atoms with E-state index >= 15 is 0 Å². The molecular formula is C17H22N2O3. The third-order valence-electron chi connectivity index (χ3n) is 4.64. The zero-order valence-electron chi connectivity index (χ0n) is 13.0. The second-order valence-corrected chi connectivity index (χ2v) is 6.12. The topological polar surface area (TPSA) is 58.6 Å². The van der Waals surface area contributed by atoms with Gasteiger partial charge in [0.2, 0.25) is 11.8 Å². The van der Waals surface area contributed by atoms with Crippen molar-refractivity contribution in [2.75, 3.05) is 18.6 Å². The molecule has 3 rings (SSSR count). The van der Waals surface area contributed by atoms with Crippen LogP contribution in [0.25, 0.3) is 0 Å². The fourth-order valence-corrected chi connectivity index (χ4v) is 3.29. The van der Waals surface area contributed by atoms with Gasteiger partial charge in [-0.25, -0.2) is 0 Å². The molecule has 0 aliphatic carbocycles. The molecule has 22 heavy (non-hydrogen) atoms. The van der Waals surface area contributed by atoms with E-state index in [1.165, 1.54) is 0 Å². The number of ether oxygens (including phenoxy) is 1. The average Bonchev–Trinajstić information content (AvgIpc) is 3.05. The number of hydrogen-bond donors (Lipinski definition) is 1. The Hall–Kier alpha value is -1.88. The maximum atomic E-state index is 12.6. The van der Waals surface area contributed by atoms with Gasteiger partial charge in [0.15, 0.2) is 0 Å². The van der Waals surface area contributed by atoms with Gasteiger partial charge >= 0.3 is 0 Å². The van der Waals surface area contributed by atoms with Gasteiger partial charge in [-0.3, -0.25) is 9.59 Å². The van der Waals surface area contributed by atoms with Crippen LogP contribution in [0.4, 0.5) is 5.69 Å². The monoisotopic (exact) mass is 302 g/mol. The number of para-hydroxylation sites is 1. The number of benzene rings is 1. The first-order valence-electron chi connectivity index (χ1n) is 7.85. The Balaban J connectivity index is 1.77. The predicted molar refractivity (Wildman–Crippen MR) is 83.8 cm³/mol. The molecule has 2 aliphatic rings. The standard InChI is InChI=1S/C17H22N2O3/c1-11(15-8-5-9-22-15)18-17(21)13-10-16(20)19(2)14-7-4-3-6-12(13)14/h3-4,6-7,11,13,15H,5,8-10H2,1-2H3,(H,18,21). The number of amides is 2. The smallest absolute Gasteiger partial charge is 0.228 e. The number of hydrogen-bond acceptors (Lipinski definition) is 3. The summed E-state index contributed by atoms with van der Waals surface area (Å²) in [5.41, 5.74) is 1.74. The van der Waals surface area contributed by atoms with E-state index in [4.69, 9.17) is 4.74 Å². The lowest BCUT2D eigenvalue weighted by Gasteiger charge is -2.32. The number of anilines is 1. The fraction of sp³-hybridized carbons (Fsp3) is 0.529. The minimum absolute atomic E-state index is 0.0244. The summed E-state index contributed by atoms with van der Waals surface area (Å²) in [7, 11) is 1.75. The van der Waals surface area contributed by atoms with Gasteiger partial charge in [0, 0.05) is 25.8 Å². The first-order valence-corrected chi connectivity index (χ1v) is 7.85. The van der Waals surface area contributed by atoms with Crippen LogP contribution in [0.3, 0.4) is 0 Å². The lowest BCUT2D eigenvalue weighted by molar-refractivity contribution is -0.128. The summed E-state index contributed by atoms with van der Waals surface area (Å²) < 4.78 is 5.62. The highest BCUT2D eigenvalue weighted by atomic mass is 16.5. The zero-order chi connectivity index (χ0) is 15.7. The molecule has 0 saturated carbocycles. The van der Waals surface area contributed by atoms with Crippen molar-refractivity contribution in [2.45, 2.75) is 44.2 Å². The summed E-state index contributed by atoms with van der Waals surface area (Å²) in [6, 6.07) is 7.58. The van der Waals surface area contributed by atoms with Crippen LogP contribution in [-0.4, -0.2) is 37.6 Å². The fourth-order valence-electron chi connectivity index (χ4n) is 3.29. The number of nitrogens with zero attached hydrogens (tertiary/aromatic N) is 1. The minimum atomic E-state index is -0.413. The summed E-state index contributed by atoms with van der Waals surface area (Å²) in [6.45, 7) is 2.73. The van der Waals surface area contributed by atoms with E-state index in [1.807, 2.05) is 31.2 Å². The highest BCUT2D eigenvalue weighted by Crippen LogP contribution is 2.35. The van der Waals surface area contributed by atoms with Crippen molar-refractivity contribution in [1.29, 1.82) is 0 Å². The quantitative estimate of drug-likeness (QED) is 0.926. The molecule has 3 atom stereocenters.